The molecular weight excluding hydrogens is 566 g/mol. The van der Waals surface area contributed by atoms with Crippen molar-refractivity contribution in [2.45, 2.75) is 82.7 Å². The second-order valence-electron chi connectivity index (χ2n) is 13.1. The molecule has 1 atom stereocenters. The van der Waals surface area contributed by atoms with Gasteiger partial charge >= 0.3 is 0 Å². The van der Waals surface area contributed by atoms with Crippen LogP contribution in [0.15, 0.2) is 47.6 Å². The largest absolute Gasteiger partial charge is 0.477 e. The first kappa shape index (κ1) is 29.4. The number of nitrogens with one attached hydrogen (secondary N) is 2. The smallest absolute Gasteiger partial charge is 0.281 e. The lowest BCUT2D eigenvalue weighted by Crippen LogP contribution is -2.41. The maximum Gasteiger partial charge on any atom is 0.281 e. The minimum atomic E-state index is -4.23. The molecule has 0 radical (unpaired) electrons. The molecule has 11 nitrogen and oxygen atoms in total. The number of anilines is 2. The summed E-state index contributed by atoms with van der Waals surface area (Å²) in [6.45, 7) is 8.60. The lowest BCUT2D eigenvalue weighted by Gasteiger charge is -2.34. The van der Waals surface area contributed by atoms with Gasteiger partial charge in [-0.05, 0) is 88.0 Å². The first-order valence-corrected chi connectivity index (χ1v) is 16.8. The summed E-state index contributed by atoms with van der Waals surface area (Å²) in [4.78, 5) is 25.0. The van der Waals surface area contributed by atoms with Gasteiger partial charge < -0.3 is 15.0 Å². The summed E-state index contributed by atoms with van der Waals surface area (Å²) < 4.78 is 36.3. The molecule has 1 amide bonds. The average Bonchev–Trinajstić information content (AvgIpc) is 3.36. The van der Waals surface area contributed by atoms with E-state index < -0.39 is 15.9 Å². The molecular formula is C31H41N7O4S. The Morgan fingerprint density at radius 3 is 2.70 bits per heavy atom. The fourth-order valence-corrected chi connectivity index (χ4v) is 7.06. The van der Waals surface area contributed by atoms with Crippen molar-refractivity contribution in [3.63, 3.8) is 0 Å². The maximum atomic E-state index is 13.7. The number of amides is 1. The van der Waals surface area contributed by atoms with Crippen LogP contribution in [0.4, 0.5) is 11.6 Å². The number of pyridine rings is 2. The molecule has 2 aliphatic heterocycles. The molecule has 3 aromatic rings. The third-order valence-electron chi connectivity index (χ3n) is 9.00. The molecule has 1 aliphatic carbocycles. The van der Waals surface area contributed by atoms with E-state index in [1.807, 2.05) is 6.07 Å². The Bertz CT molecular complexity index is 1600. The molecule has 5 heterocycles. The fourth-order valence-electron chi connectivity index (χ4n) is 6.12. The van der Waals surface area contributed by atoms with Gasteiger partial charge in [0.25, 0.3) is 15.9 Å². The highest BCUT2D eigenvalue weighted by atomic mass is 32.2. The molecule has 4 bridgehead atoms. The van der Waals surface area contributed by atoms with E-state index in [4.69, 9.17) is 9.72 Å². The number of aromatic nitrogens is 4. The summed E-state index contributed by atoms with van der Waals surface area (Å²) in [5.74, 6) is 1.61. The van der Waals surface area contributed by atoms with Crippen LogP contribution in [0.2, 0.25) is 0 Å². The number of ether oxygens (including phenoxy) is 1. The van der Waals surface area contributed by atoms with Crippen molar-refractivity contribution in [3.8, 4) is 11.7 Å². The van der Waals surface area contributed by atoms with E-state index in [0.29, 0.717) is 47.8 Å². The number of carbonyl (C=O) groups excluding carboxylic acids is 1. The number of rotatable bonds is 5. The standard InChI is InChI=1S/C31H41N7O4S/c1-30(2)20-22-8-5-4-6-17-32-24-9-7-10-27(33-24)43(40,41)36-29(39)23-11-12-25(34-28(23)37(30)21-22)38-18-13-26(35-38)42-19-16-31(3)14-15-31/h7,9-13,18,22H,4-6,8,14-17,19-21H2,1-3H3,(H,32,33)(H,36,39). The highest BCUT2D eigenvalue weighted by Crippen LogP contribution is 2.48. The van der Waals surface area contributed by atoms with Crippen molar-refractivity contribution in [2.24, 2.45) is 11.3 Å². The Morgan fingerprint density at radius 1 is 1.05 bits per heavy atom. The second-order valence-corrected chi connectivity index (χ2v) is 14.7. The molecule has 0 aromatic carbocycles. The molecule has 230 valence electrons. The van der Waals surface area contributed by atoms with Crippen LogP contribution in [0.1, 0.15) is 82.5 Å². The molecule has 2 fully saturated rings. The van der Waals surface area contributed by atoms with E-state index in [0.717, 1.165) is 45.1 Å². The molecule has 3 aromatic heterocycles. The van der Waals surface area contributed by atoms with Gasteiger partial charge in [0, 0.05) is 30.9 Å². The number of sulfonamides is 1. The summed E-state index contributed by atoms with van der Waals surface area (Å²) in [6, 6.07) is 9.84. The first-order chi connectivity index (χ1) is 20.5. The van der Waals surface area contributed by atoms with E-state index in [2.05, 4.69) is 45.8 Å². The van der Waals surface area contributed by atoms with Crippen LogP contribution in [-0.4, -0.2) is 59.3 Å². The molecule has 43 heavy (non-hydrogen) atoms. The first-order valence-electron chi connectivity index (χ1n) is 15.3. The summed E-state index contributed by atoms with van der Waals surface area (Å²) >= 11 is 0. The predicted molar refractivity (Wildman–Crippen MR) is 164 cm³/mol. The molecule has 2 N–H and O–H groups in total. The summed E-state index contributed by atoms with van der Waals surface area (Å²) in [5.41, 5.74) is 0.292. The van der Waals surface area contributed by atoms with Crippen molar-refractivity contribution in [1.82, 2.24) is 24.5 Å². The number of carbonyl (C=O) groups is 1. The highest BCUT2D eigenvalue weighted by molar-refractivity contribution is 7.90. The van der Waals surface area contributed by atoms with Gasteiger partial charge in [0.2, 0.25) is 5.88 Å². The van der Waals surface area contributed by atoms with Crippen LogP contribution in [-0.2, 0) is 10.0 Å². The SMILES string of the molecule is CC1(CCOc2ccn(-c3ccc4c(n3)N3CC(CCCCCNc5cccc(n5)S(=O)(=O)NC4=O)CC3(C)C)n2)CC1. The minimum Gasteiger partial charge on any atom is -0.477 e. The Balaban J connectivity index is 1.33. The Hall–Kier alpha value is -3.67. The average molecular weight is 608 g/mol. The van der Waals surface area contributed by atoms with Gasteiger partial charge in [-0.2, -0.15) is 8.42 Å². The lowest BCUT2D eigenvalue weighted by molar-refractivity contribution is 0.0981. The van der Waals surface area contributed by atoms with E-state index in [1.165, 1.54) is 18.9 Å². The minimum absolute atomic E-state index is 0.181. The van der Waals surface area contributed by atoms with Crippen molar-refractivity contribution >= 4 is 27.6 Å². The summed E-state index contributed by atoms with van der Waals surface area (Å²) in [6.07, 6.45) is 10.4. The Labute approximate surface area is 253 Å². The molecule has 1 saturated carbocycles. The number of nitrogens with zero attached hydrogens (tertiary/aromatic N) is 5. The van der Waals surface area contributed by atoms with E-state index >= 15 is 0 Å². The van der Waals surface area contributed by atoms with Crippen molar-refractivity contribution in [3.05, 3.63) is 48.2 Å². The number of hydrogen-bond acceptors (Lipinski definition) is 9. The van der Waals surface area contributed by atoms with Gasteiger partial charge in [-0.25, -0.2) is 19.4 Å². The molecule has 12 heteroatoms. The fraction of sp³-hybridized carbons (Fsp3) is 0.548. The van der Waals surface area contributed by atoms with Gasteiger partial charge in [0.15, 0.2) is 10.8 Å². The third-order valence-corrected chi connectivity index (χ3v) is 10.2. The van der Waals surface area contributed by atoms with E-state index in [-0.39, 0.29) is 16.1 Å². The Morgan fingerprint density at radius 2 is 1.88 bits per heavy atom. The van der Waals surface area contributed by atoms with Gasteiger partial charge in [0.05, 0.1) is 12.2 Å². The van der Waals surface area contributed by atoms with Crippen LogP contribution in [0, 0.1) is 11.3 Å². The normalized spacial score (nSPS) is 22.5. The molecule has 3 aliphatic rings. The van der Waals surface area contributed by atoms with Crippen molar-refractivity contribution in [2.75, 3.05) is 29.9 Å². The van der Waals surface area contributed by atoms with Crippen LogP contribution >= 0.6 is 0 Å². The van der Waals surface area contributed by atoms with Gasteiger partial charge in [-0.15, -0.1) is 5.10 Å². The van der Waals surface area contributed by atoms with Crippen LogP contribution < -0.4 is 19.7 Å². The van der Waals surface area contributed by atoms with E-state index in [9.17, 15) is 13.2 Å². The zero-order valence-electron chi connectivity index (χ0n) is 25.2. The monoisotopic (exact) mass is 607 g/mol. The van der Waals surface area contributed by atoms with Crippen LogP contribution in [0.5, 0.6) is 5.88 Å². The quantitative estimate of drug-likeness (QED) is 0.414. The van der Waals surface area contributed by atoms with Crippen LogP contribution in [0.3, 0.4) is 0 Å². The number of hydrogen-bond donors (Lipinski definition) is 2. The van der Waals surface area contributed by atoms with Gasteiger partial charge in [-0.1, -0.05) is 25.8 Å². The van der Waals surface area contributed by atoms with Gasteiger partial charge in [0.1, 0.15) is 11.6 Å². The molecule has 1 unspecified atom stereocenters. The van der Waals surface area contributed by atoms with Gasteiger partial charge in [-0.3, -0.25) is 4.79 Å². The second kappa shape index (κ2) is 11.4. The Kier molecular flexibility index (Phi) is 7.82. The molecule has 6 rings (SSSR count). The molecule has 1 saturated heterocycles. The van der Waals surface area contributed by atoms with Crippen molar-refractivity contribution in [1.29, 1.82) is 0 Å². The lowest BCUT2D eigenvalue weighted by atomic mass is 9.92. The van der Waals surface area contributed by atoms with Crippen LogP contribution in [0.25, 0.3) is 5.82 Å². The number of fused-ring (bicyclic) bond motifs is 6. The zero-order valence-corrected chi connectivity index (χ0v) is 26.0. The zero-order chi connectivity index (χ0) is 30.2. The topological polar surface area (TPSA) is 131 Å². The highest BCUT2D eigenvalue weighted by Gasteiger charge is 2.41. The molecule has 0 spiro atoms. The van der Waals surface area contributed by atoms with Crippen molar-refractivity contribution < 1.29 is 17.9 Å². The predicted octanol–water partition coefficient (Wildman–Crippen LogP) is 4.94. The summed E-state index contributed by atoms with van der Waals surface area (Å²) in [5, 5.41) is 7.57. The maximum absolute atomic E-state index is 13.7. The van der Waals surface area contributed by atoms with E-state index in [1.54, 1.807) is 35.1 Å². The third kappa shape index (κ3) is 6.63. The summed E-state index contributed by atoms with van der Waals surface area (Å²) in [7, 11) is -4.23.